The molecule has 0 unspecified atom stereocenters. The van der Waals surface area contributed by atoms with Crippen LogP contribution in [0.2, 0.25) is 0 Å². The van der Waals surface area contributed by atoms with Crippen molar-refractivity contribution in [3.05, 3.63) is 0 Å². The van der Waals surface area contributed by atoms with E-state index in [0.29, 0.717) is 17.8 Å². The van der Waals surface area contributed by atoms with Gasteiger partial charge in [-0.15, -0.1) is 5.06 Å². The molecule has 1 heterocycles. The lowest BCUT2D eigenvalue weighted by molar-refractivity contribution is -0.197. The Morgan fingerprint density at radius 1 is 0.967 bits per heavy atom. The van der Waals surface area contributed by atoms with Gasteiger partial charge in [0, 0.05) is 32.1 Å². The monoisotopic (exact) mass is 427 g/mol. The van der Waals surface area contributed by atoms with Crippen molar-refractivity contribution in [2.75, 3.05) is 6.61 Å². The largest absolute Gasteiger partial charge is 0.460 e. The van der Waals surface area contributed by atoms with Crippen LogP contribution in [0.25, 0.3) is 0 Å². The fraction of sp³-hybridized carbons (Fsp3) is 0.700. The average Bonchev–Trinajstić information content (AvgIpc) is 2.95. The van der Waals surface area contributed by atoms with E-state index in [0.717, 1.165) is 0 Å². The number of rotatable bonds is 13. The van der Waals surface area contributed by atoms with Gasteiger partial charge in [-0.2, -0.15) is 0 Å². The summed E-state index contributed by atoms with van der Waals surface area (Å²) < 4.78 is 10.9. The summed E-state index contributed by atoms with van der Waals surface area (Å²) in [5.74, 6) is -2.92. The van der Waals surface area contributed by atoms with Crippen molar-refractivity contribution in [2.45, 2.75) is 83.8 Å². The van der Waals surface area contributed by atoms with Gasteiger partial charge in [-0.25, -0.2) is 4.79 Å². The Labute approximate surface area is 175 Å². The van der Waals surface area contributed by atoms with Crippen LogP contribution in [0.15, 0.2) is 0 Å². The van der Waals surface area contributed by atoms with Crippen LogP contribution < -0.4 is 0 Å². The molecule has 1 aliphatic heterocycles. The van der Waals surface area contributed by atoms with Crippen LogP contribution in [0.5, 0.6) is 0 Å². The Morgan fingerprint density at radius 2 is 1.53 bits per heavy atom. The number of imide groups is 1. The zero-order valence-corrected chi connectivity index (χ0v) is 17.9. The number of hydrogen-bond donors (Lipinski definition) is 0. The molecule has 10 heteroatoms. The van der Waals surface area contributed by atoms with E-state index in [-0.39, 0.29) is 50.9 Å². The summed E-state index contributed by atoms with van der Waals surface area (Å²) in [7, 11) is 0. The molecule has 0 radical (unpaired) electrons. The summed E-state index contributed by atoms with van der Waals surface area (Å²) in [4.78, 5) is 73.6. The third-order valence-electron chi connectivity index (χ3n) is 4.45. The first kappa shape index (κ1) is 25.4. The van der Waals surface area contributed by atoms with E-state index in [1.807, 2.05) is 0 Å². The molecular formula is C20H29NO9. The second-order valence-corrected chi connectivity index (χ2v) is 8.02. The van der Waals surface area contributed by atoms with E-state index in [4.69, 9.17) is 9.47 Å². The number of ether oxygens (including phenoxy) is 2. The van der Waals surface area contributed by atoms with Crippen LogP contribution in [-0.4, -0.2) is 58.7 Å². The first-order valence-corrected chi connectivity index (χ1v) is 9.77. The number of hydrogen-bond acceptors (Lipinski definition) is 9. The van der Waals surface area contributed by atoms with Gasteiger partial charge in [0.15, 0.2) is 5.78 Å². The third-order valence-corrected chi connectivity index (χ3v) is 4.45. The highest BCUT2D eigenvalue weighted by Crippen LogP contribution is 2.20. The molecule has 10 nitrogen and oxygen atoms in total. The van der Waals surface area contributed by atoms with Crippen molar-refractivity contribution < 1.29 is 43.1 Å². The zero-order chi connectivity index (χ0) is 22.9. The SMILES string of the molecule is CC(C)(CCOC(C)(C)C(=O)CCC=O)OC(=O)CCC(=O)ON1C(=O)CCC1=O. The summed E-state index contributed by atoms with van der Waals surface area (Å²) in [6, 6.07) is 0. The maximum Gasteiger partial charge on any atom is 0.333 e. The average molecular weight is 427 g/mol. The highest BCUT2D eigenvalue weighted by Gasteiger charge is 2.33. The topological polar surface area (TPSA) is 133 Å². The quantitative estimate of drug-likeness (QED) is 0.243. The van der Waals surface area contributed by atoms with Crippen LogP contribution in [0.3, 0.4) is 0 Å². The number of ketones is 1. The minimum atomic E-state index is -1.06. The summed E-state index contributed by atoms with van der Waals surface area (Å²) in [5.41, 5.74) is -1.97. The minimum Gasteiger partial charge on any atom is -0.460 e. The standard InChI is InChI=1S/C20H29NO9/c1-19(2,11-13-28-20(3,4)14(23)6-5-12-22)29-17(26)9-10-18(27)30-21-15(24)7-8-16(21)25/h12H,5-11,13H2,1-4H3. The van der Waals surface area contributed by atoms with Gasteiger partial charge < -0.3 is 19.1 Å². The number of carbonyl (C=O) groups excluding carboxylic acids is 6. The Balaban J connectivity index is 2.36. The second-order valence-electron chi connectivity index (χ2n) is 8.02. The molecule has 1 aliphatic rings. The van der Waals surface area contributed by atoms with E-state index in [1.165, 1.54) is 0 Å². The molecule has 0 saturated carbocycles. The van der Waals surface area contributed by atoms with Crippen molar-refractivity contribution in [1.29, 1.82) is 0 Å². The second kappa shape index (κ2) is 11.0. The maximum atomic E-state index is 12.0. The van der Waals surface area contributed by atoms with Crippen molar-refractivity contribution >= 4 is 35.8 Å². The lowest BCUT2D eigenvalue weighted by Crippen LogP contribution is -2.37. The summed E-state index contributed by atoms with van der Waals surface area (Å²) in [6.45, 7) is 6.69. The third kappa shape index (κ3) is 8.40. The predicted molar refractivity (Wildman–Crippen MR) is 102 cm³/mol. The molecule has 30 heavy (non-hydrogen) atoms. The fourth-order valence-electron chi connectivity index (χ4n) is 2.54. The molecule has 2 amide bonds. The highest BCUT2D eigenvalue weighted by molar-refractivity contribution is 6.01. The van der Waals surface area contributed by atoms with Crippen LogP contribution in [0, 0.1) is 0 Å². The first-order valence-electron chi connectivity index (χ1n) is 9.77. The number of aldehydes is 1. The molecule has 0 aromatic heterocycles. The van der Waals surface area contributed by atoms with Crippen LogP contribution in [0.4, 0.5) is 0 Å². The van der Waals surface area contributed by atoms with Crippen molar-refractivity contribution in [3.63, 3.8) is 0 Å². The normalized spacial score (nSPS) is 14.6. The molecular weight excluding hydrogens is 398 g/mol. The molecule has 0 aliphatic carbocycles. The van der Waals surface area contributed by atoms with Gasteiger partial charge in [0.1, 0.15) is 17.5 Å². The van der Waals surface area contributed by atoms with Gasteiger partial charge >= 0.3 is 11.9 Å². The van der Waals surface area contributed by atoms with Crippen LogP contribution >= 0.6 is 0 Å². The lowest BCUT2D eigenvalue weighted by Gasteiger charge is -2.28. The Hall–Kier alpha value is -2.62. The molecule has 1 fully saturated rings. The van der Waals surface area contributed by atoms with E-state index >= 15 is 0 Å². The molecule has 0 aromatic rings. The summed E-state index contributed by atoms with van der Waals surface area (Å²) in [6.07, 6.45) is 0.554. The molecule has 1 rings (SSSR count). The summed E-state index contributed by atoms with van der Waals surface area (Å²) >= 11 is 0. The highest BCUT2D eigenvalue weighted by atomic mass is 16.7. The summed E-state index contributed by atoms with van der Waals surface area (Å²) in [5, 5.41) is 0.424. The van der Waals surface area contributed by atoms with E-state index in [9.17, 15) is 28.8 Å². The van der Waals surface area contributed by atoms with E-state index in [1.54, 1.807) is 27.7 Å². The number of nitrogens with zero attached hydrogens (tertiary/aromatic N) is 1. The van der Waals surface area contributed by atoms with Gasteiger partial charge in [-0.3, -0.25) is 19.2 Å². The van der Waals surface area contributed by atoms with E-state index < -0.39 is 35.0 Å². The van der Waals surface area contributed by atoms with Gasteiger partial charge in [-0.1, -0.05) is 0 Å². The van der Waals surface area contributed by atoms with Crippen molar-refractivity contribution in [2.24, 2.45) is 0 Å². The van der Waals surface area contributed by atoms with Crippen molar-refractivity contribution in [3.8, 4) is 0 Å². The predicted octanol–water partition coefficient (Wildman–Crippen LogP) is 1.43. The lowest BCUT2D eigenvalue weighted by atomic mass is 9.99. The molecule has 1 saturated heterocycles. The van der Waals surface area contributed by atoms with Crippen LogP contribution in [-0.2, 0) is 43.1 Å². The molecule has 0 spiro atoms. The van der Waals surface area contributed by atoms with E-state index in [2.05, 4.69) is 4.84 Å². The Morgan fingerprint density at radius 3 is 2.10 bits per heavy atom. The molecule has 0 aromatic carbocycles. The molecule has 0 N–H and O–H groups in total. The minimum absolute atomic E-state index is 0.0100. The smallest absolute Gasteiger partial charge is 0.333 e. The number of amides is 2. The number of hydroxylamine groups is 2. The Kier molecular flexibility index (Phi) is 9.28. The maximum absolute atomic E-state index is 12.0. The number of esters is 1. The molecule has 0 bridgehead atoms. The molecule has 0 atom stereocenters. The Bertz CT molecular complexity index is 680. The zero-order valence-electron chi connectivity index (χ0n) is 17.9. The first-order chi connectivity index (χ1) is 13.9. The van der Waals surface area contributed by atoms with Crippen molar-refractivity contribution in [1.82, 2.24) is 5.06 Å². The molecule has 168 valence electrons. The fourth-order valence-corrected chi connectivity index (χ4v) is 2.54. The van der Waals surface area contributed by atoms with Crippen LogP contribution in [0.1, 0.15) is 72.6 Å². The van der Waals surface area contributed by atoms with Gasteiger partial charge in [0.25, 0.3) is 11.8 Å². The number of Topliss-reactive ketones (excluding diaryl/α,β-unsaturated/α-hetero) is 1. The van der Waals surface area contributed by atoms with Gasteiger partial charge in [0.05, 0.1) is 19.4 Å². The van der Waals surface area contributed by atoms with Gasteiger partial charge in [-0.05, 0) is 27.7 Å². The number of carbonyl (C=O) groups is 6. The van der Waals surface area contributed by atoms with Gasteiger partial charge in [0.2, 0.25) is 0 Å².